The Bertz CT molecular complexity index is 259. The van der Waals surface area contributed by atoms with E-state index in [0.29, 0.717) is 15.6 Å². The topological polar surface area (TPSA) is 20.2 Å². The summed E-state index contributed by atoms with van der Waals surface area (Å²) in [6, 6.07) is 3.51. The minimum Gasteiger partial charge on any atom is -0.392 e. The van der Waals surface area contributed by atoms with E-state index in [0.717, 1.165) is 12.0 Å². The van der Waals surface area contributed by atoms with Gasteiger partial charge in [-0.3, -0.25) is 0 Å². The maximum absolute atomic E-state index is 8.92. The van der Waals surface area contributed by atoms with Crippen molar-refractivity contribution in [3.8, 4) is 0 Å². The molecule has 1 nitrogen and oxygen atoms in total. The average Bonchev–Trinajstić information content (AvgIpc) is 2.08. The van der Waals surface area contributed by atoms with Gasteiger partial charge in [-0.1, -0.05) is 30.1 Å². The molecule has 0 radical (unpaired) electrons. The van der Waals surface area contributed by atoms with E-state index in [2.05, 4.69) is 0 Å². The Morgan fingerprint density at radius 1 is 1.25 bits per heavy atom. The van der Waals surface area contributed by atoms with Gasteiger partial charge < -0.3 is 5.11 Å². The van der Waals surface area contributed by atoms with Crippen LogP contribution in [0.15, 0.2) is 12.1 Å². The van der Waals surface area contributed by atoms with Crippen LogP contribution in [0.5, 0.6) is 0 Å². The Morgan fingerprint density at radius 3 is 2.33 bits per heavy atom. The van der Waals surface area contributed by atoms with E-state index in [9.17, 15) is 0 Å². The monoisotopic (exact) mass is 204 g/mol. The first-order valence-corrected chi connectivity index (χ1v) is 4.52. The SMILES string of the molecule is CCc1cc(Cl)cc(CO)c1Cl. The second kappa shape index (κ2) is 4.13. The van der Waals surface area contributed by atoms with Gasteiger partial charge in [-0.15, -0.1) is 0 Å². The van der Waals surface area contributed by atoms with Gasteiger partial charge in [-0.05, 0) is 29.7 Å². The Kier molecular flexibility index (Phi) is 3.39. The molecule has 0 aliphatic heterocycles. The maximum Gasteiger partial charge on any atom is 0.0697 e. The number of rotatable bonds is 2. The summed E-state index contributed by atoms with van der Waals surface area (Å²) >= 11 is 11.8. The minimum atomic E-state index is -0.0631. The molecule has 0 spiro atoms. The first kappa shape index (κ1) is 9.85. The first-order valence-electron chi connectivity index (χ1n) is 3.76. The van der Waals surface area contributed by atoms with Crippen molar-refractivity contribution in [2.75, 3.05) is 0 Å². The zero-order valence-corrected chi connectivity index (χ0v) is 8.28. The quantitative estimate of drug-likeness (QED) is 0.786. The third kappa shape index (κ3) is 1.92. The molecule has 0 amide bonds. The summed E-state index contributed by atoms with van der Waals surface area (Å²) < 4.78 is 0. The van der Waals surface area contributed by atoms with Crippen molar-refractivity contribution in [1.82, 2.24) is 0 Å². The van der Waals surface area contributed by atoms with Crippen LogP contribution in [0.1, 0.15) is 18.1 Å². The van der Waals surface area contributed by atoms with Crippen LogP contribution < -0.4 is 0 Å². The molecule has 12 heavy (non-hydrogen) atoms. The Balaban J connectivity index is 3.22. The molecule has 0 saturated heterocycles. The van der Waals surface area contributed by atoms with Gasteiger partial charge in [-0.25, -0.2) is 0 Å². The highest BCUT2D eigenvalue weighted by Gasteiger charge is 2.05. The molecule has 0 aliphatic carbocycles. The zero-order valence-electron chi connectivity index (χ0n) is 6.77. The van der Waals surface area contributed by atoms with Crippen molar-refractivity contribution in [2.24, 2.45) is 0 Å². The molecular formula is C9H10Cl2O. The van der Waals surface area contributed by atoms with Gasteiger partial charge in [-0.2, -0.15) is 0 Å². The van der Waals surface area contributed by atoms with Crippen molar-refractivity contribution < 1.29 is 5.11 Å². The normalized spacial score (nSPS) is 10.3. The molecule has 0 atom stereocenters. The van der Waals surface area contributed by atoms with Gasteiger partial charge in [0, 0.05) is 10.0 Å². The van der Waals surface area contributed by atoms with Crippen LogP contribution in [0.3, 0.4) is 0 Å². The molecule has 1 rings (SSSR count). The second-order valence-electron chi connectivity index (χ2n) is 2.55. The average molecular weight is 205 g/mol. The number of aliphatic hydroxyl groups is 1. The van der Waals surface area contributed by atoms with E-state index in [1.54, 1.807) is 6.07 Å². The number of aryl methyl sites for hydroxylation is 1. The van der Waals surface area contributed by atoms with Crippen LogP contribution >= 0.6 is 23.2 Å². The molecule has 1 aromatic carbocycles. The standard InChI is InChI=1S/C9H10Cl2O/c1-2-6-3-8(10)4-7(5-12)9(6)11/h3-4,12H,2,5H2,1H3. The van der Waals surface area contributed by atoms with Crippen LogP contribution in [-0.4, -0.2) is 5.11 Å². The van der Waals surface area contributed by atoms with E-state index in [1.807, 2.05) is 13.0 Å². The molecular weight excluding hydrogens is 195 g/mol. The van der Waals surface area contributed by atoms with Crippen molar-refractivity contribution in [1.29, 1.82) is 0 Å². The summed E-state index contributed by atoms with van der Waals surface area (Å²) in [5.74, 6) is 0. The summed E-state index contributed by atoms with van der Waals surface area (Å²) in [4.78, 5) is 0. The lowest BCUT2D eigenvalue weighted by atomic mass is 10.1. The van der Waals surface area contributed by atoms with Gasteiger partial charge in [0.2, 0.25) is 0 Å². The van der Waals surface area contributed by atoms with E-state index in [-0.39, 0.29) is 6.61 Å². The van der Waals surface area contributed by atoms with Crippen molar-refractivity contribution in [2.45, 2.75) is 20.0 Å². The molecule has 0 unspecified atom stereocenters. The van der Waals surface area contributed by atoms with Gasteiger partial charge >= 0.3 is 0 Å². The van der Waals surface area contributed by atoms with E-state index in [4.69, 9.17) is 28.3 Å². The second-order valence-corrected chi connectivity index (χ2v) is 3.36. The molecule has 0 heterocycles. The van der Waals surface area contributed by atoms with Gasteiger partial charge in [0.15, 0.2) is 0 Å². The van der Waals surface area contributed by atoms with Crippen LogP contribution in [0.25, 0.3) is 0 Å². The molecule has 0 bridgehead atoms. The lowest BCUT2D eigenvalue weighted by Crippen LogP contribution is -1.90. The highest BCUT2D eigenvalue weighted by atomic mass is 35.5. The summed E-state index contributed by atoms with van der Waals surface area (Å²) in [6.45, 7) is 1.94. The summed E-state index contributed by atoms with van der Waals surface area (Å²) in [6.07, 6.45) is 0.826. The molecule has 1 aromatic rings. The number of hydrogen-bond donors (Lipinski definition) is 1. The van der Waals surface area contributed by atoms with Crippen LogP contribution in [-0.2, 0) is 13.0 Å². The summed E-state index contributed by atoms with van der Waals surface area (Å²) in [7, 11) is 0. The lowest BCUT2D eigenvalue weighted by molar-refractivity contribution is 0.282. The predicted molar refractivity (Wildman–Crippen MR) is 51.8 cm³/mol. The van der Waals surface area contributed by atoms with E-state index >= 15 is 0 Å². The van der Waals surface area contributed by atoms with E-state index in [1.165, 1.54) is 0 Å². The predicted octanol–water partition coefficient (Wildman–Crippen LogP) is 3.05. The number of benzene rings is 1. The number of halogens is 2. The smallest absolute Gasteiger partial charge is 0.0697 e. The highest BCUT2D eigenvalue weighted by Crippen LogP contribution is 2.26. The Morgan fingerprint density at radius 2 is 1.83 bits per heavy atom. The number of aliphatic hydroxyl groups excluding tert-OH is 1. The zero-order chi connectivity index (χ0) is 9.14. The molecule has 0 saturated carbocycles. The molecule has 3 heteroatoms. The third-order valence-corrected chi connectivity index (χ3v) is 2.44. The van der Waals surface area contributed by atoms with Crippen molar-refractivity contribution in [3.05, 3.63) is 33.3 Å². The highest BCUT2D eigenvalue weighted by molar-refractivity contribution is 6.34. The van der Waals surface area contributed by atoms with Crippen LogP contribution in [0, 0.1) is 0 Å². The van der Waals surface area contributed by atoms with Gasteiger partial charge in [0.1, 0.15) is 0 Å². The van der Waals surface area contributed by atoms with Crippen LogP contribution in [0.4, 0.5) is 0 Å². The van der Waals surface area contributed by atoms with E-state index < -0.39 is 0 Å². The Hall–Kier alpha value is -0.240. The molecule has 1 N–H and O–H groups in total. The molecule has 66 valence electrons. The van der Waals surface area contributed by atoms with Gasteiger partial charge in [0.25, 0.3) is 0 Å². The molecule has 0 fully saturated rings. The fourth-order valence-corrected chi connectivity index (χ4v) is 1.65. The van der Waals surface area contributed by atoms with Crippen LogP contribution in [0.2, 0.25) is 10.0 Å². The molecule has 0 aromatic heterocycles. The molecule has 0 aliphatic rings. The fourth-order valence-electron chi connectivity index (χ4n) is 1.08. The summed E-state index contributed by atoms with van der Waals surface area (Å²) in [5, 5.41) is 10.2. The first-order chi connectivity index (χ1) is 5.69. The third-order valence-electron chi connectivity index (χ3n) is 1.74. The van der Waals surface area contributed by atoms with Crippen molar-refractivity contribution >= 4 is 23.2 Å². The minimum absolute atomic E-state index is 0.0631. The summed E-state index contributed by atoms with van der Waals surface area (Å²) in [5.41, 5.74) is 1.68. The Labute approximate surface area is 81.9 Å². The van der Waals surface area contributed by atoms with Gasteiger partial charge in [0.05, 0.1) is 6.61 Å². The maximum atomic E-state index is 8.92. The van der Waals surface area contributed by atoms with Crippen molar-refractivity contribution in [3.63, 3.8) is 0 Å². The number of hydrogen-bond acceptors (Lipinski definition) is 1. The lowest BCUT2D eigenvalue weighted by Gasteiger charge is -2.06. The largest absolute Gasteiger partial charge is 0.392 e. The fraction of sp³-hybridized carbons (Fsp3) is 0.333.